The minimum atomic E-state index is -4.03. The minimum Gasteiger partial charge on any atom is -0.390 e. The molecule has 0 saturated heterocycles. The zero-order chi connectivity index (χ0) is 22.1. The van der Waals surface area contributed by atoms with Crippen LogP contribution in [0.3, 0.4) is 0 Å². The van der Waals surface area contributed by atoms with Crippen molar-refractivity contribution in [3.63, 3.8) is 0 Å². The number of hydrogen-bond donors (Lipinski definition) is 1. The molecule has 0 amide bonds. The molecule has 0 spiro atoms. The molecule has 30 heavy (non-hydrogen) atoms. The molecule has 4 fully saturated rings. The Kier molecular flexibility index (Phi) is 5.39. The maximum Gasteiger partial charge on any atom is 0.245 e. The largest absolute Gasteiger partial charge is 0.390 e. The number of rotatable bonds is 6. The molecule has 2 atom stereocenters. The number of halogens is 2. The summed E-state index contributed by atoms with van der Waals surface area (Å²) in [5.74, 6) is 0.815. The van der Waals surface area contributed by atoms with E-state index in [2.05, 4.69) is 0 Å². The van der Waals surface area contributed by atoms with Gasteiger partial charge in [-0.2, -0.15) is 4.31 Å². The van der Waals surface area contributed by atoms with Crippen LogP contribution < -0.4 is 0 Å². The summed E-state index contributed by atoms with van der Waals surface area (Å²) in [7, 11) is -2.61. The second-order valence-electron chi connectivity index (χ2n) is 10.4. The lowest BCUT2D eigenvalue weighted by Crippen LogP contribution is -2.58. The Morgan fingerprint density at radius 2 is 1.80 bits per heavy atom. The molecule has 5 nitrogen and oxygen atoms in total. The molecule has 1 N–H and O–H groups in total. The summed E-state index contributed by atoms with van der Waals surface area (Å²) in [5, 5.41) is 11.1. The van der Waals surface area contributed by atoms with Crippen molar-refractivity contribution >= 4 is 39.0 Å². The van der Waals surface area contributed by atoms with Crippen LogP contribution in [0.1, 0.15) is 58.8 Å². The SMILES string of the molecule is CN(C(C)(C)C(=O)CC12CC3CC(CC(O)(C3)C1)C2)S(=O)(=O)c1cccc(Cl)c1Cl. The van der Waals surface area contributed by atoms with Crippen molar-refractivity contribution in [3.8, 4) is 0 Å². The van der Waals surface area contributed by atoms with Crippen LogP contribution in [0.15, 0.2) is 23.1 Å². The second-order valence-corrected chi connectivity index (χ2v) is 13.1. The van der Waals surface area contributed by atoms with Gasteiger partial charge in [-0.25, -0.2) is 8.42 Å². The molecule has 1 aromatic rings. The van der Waals surface area contributed by atoms with Gasteiger partial charge in [0.15, 0.2) is 5.78 Å². The van der Waals surface area contributed by atoms with E-state index in [1.54, 1.807) is 13.8 Å². The highest BCUT2D eigenvalue weighted by molar-refractivity contribution is 7.89. The Labute approximate surface area is 188 Å². The first-order valence-electron chi connectivity index (χ1n) is 10.5. The lowest BCUT2D eigenvalue weighted by atomic mass is 9.46. The number of carbonyl (C=O) groups excluding carboxylic acids is 1. The van der Waals surface area contributed by atoms with E-state index in [4.69, 9.17) is 23.2 Å². The Morgan fingerprint density at radius 3 is 2.37 bits per heavy atom. The summed E-state index contributed by atoms with van der Waals surface area (Å²) in [6.45, 7) is 3.28. The van der Waals surface area contributed by atoms with Crippen molar-refractivity contribution in [1.82, 2.24) is 4.31 Å². The van der Waals surface area contributed by atoms with Crippen LogP contribution in [-0.4, -0.2) is 41.8 Å². The summed E-state index contributed by atoms with van der Waals surface area (Å²) < 4.78 is 27.6. The van der Waals surface area contributed by atoms with E-state index in [0.717, 1.165) is 36.4 Å². The average Bonchev–Trinajstić information content (AvgIpc) is 2.60. The first-order chi connectivity index (χ1) is 13.8. The Bertz CT molecular complexity index is 977. The second kappa shape index (κ2) is 7.17. The van der Waals surface area contributed by atoms with E-state index in [0.29, 0.717) is 24.7 Å². The molecular formula is C22H29Cl2NO4S. The number of aliphatic hydroxyl groups is 1. The standard InChI is InChI=1S/C22H29Cl2NO4S/c1-20(2,25(3)30(28,29)17-6-4-5-16(23)19(17)24)18(26)12-21-8-14-7-15(9-21)11-22(27,10-14)13-21/h4-6,14-15,27H,7-13H2,1-3H3. The predicted molar refractivity (Wildman–Crippen MR) is 117 cm³/mol. The van der Waals surface area contributed by atoms with Gasteiger partial charge in [0.05, 0.1) is 21.2 Å². The van der Waals surface area contributed by atoms with E-state index in [-0.39, 0.29) is 26.1 Å². The summed E-state index contributed by atoms with van der Waals surface area (Å²) >= 11 is 12.2. The van der Waals surface area contributed by atoms with Crippen molar-refractivity contribution < 1.29 is 18.3 Å². The molecule has 0 aliphatic heterocycles. The molecule has 0 radical (unpaired) electrons. The molecule has 0 heterocycles. The molecule has 4 bridgehead atoms. The summed E-state index contributed by atoms with van der Waals surface area (Å²) in [5.41, 5.74) is -2.12. The van der Waals surface area contributed by atoms with Crippen molar-refractivity contribution in [2.75, 3.05) is 7.05 Å². The van der Waals surface area contributed by atoms with Gasteiger partial charge in [0.25, 0.3) is 0 Å². The summed E-state index contributed by atoms with van der Waals surface area (Å²) in [6.07, 6.45) is 5.65. The fourth-order valence-electron chi connectivity index (χ4n) is 6.47. The highest BCUT2D eigenvalue weighted by atomic mass is 35.5. The third-order valence-electron chi connectivity index (χ3n) is 7.71. The van der Waals surface area contributed by atoms with Crippen LogP contribution in [0, 0.1) is 17.3 Å². The minimum absolute atomic E-state index is 0.0439. The lowest BCUT2D eigenvalue weighted by molar-refractivity contribution is -0.170. The highest BCUT2D eigenvalue weighted by Crippen LogP contribution is 2.63. The number of benzene rings is 1. The smallest absolute Gasteiger partial charge is 0.245 e. The van der Waals surface area contributed by atoms with Crippen LogP contribution in [0.2, 0.25) is 10.0 Å². The Balaban J connectivity index is 1.59. The van der Waals surface area contributed by atoms with Gasteiger partial charge in [-0.15, -0.1) is 0 Å². The van der Waals surface area contributed by atoms with E-state index in [1.807, 2.05) is 0 Å². The molecule has 5 rings (SSSR count). The summed E-state index contributed by atoms with van der Waals surface area (Å²) in [6, 6.07) is 4.45. The highest BCUT2D eigenvalue weighted by Gasteiger charge is 2.58. The van der Waals surface area contributed by atoms with Gasteiger partial charge in [0.1, 0.15) is 4.90 Å². The molecule has 0 aromatic heterocycles. The maximum absolute atomic E-state index is 13.5. The molecule has 166 valence electrons. The lowest BCUT2D eigenvalue weighted by Gasteiger charge is -2.60. The quantitative estimate of drug-likeness (QED) is 0.650. The van der Waals surface area contributed by atoms with Gasteiger partial charge in [0.2, 0.25) is 10.0 Å². The fraction of sp³-hybridized carbons (Fsp3) is 0.682. The number of sulfonamides is 1. The van der Waals surface area contributed by atoms with Crippen LogP contribution in [0.4, 0.5) is 0 Å². The fourth-order valence-corrected chi connectivity index (χ4v) is 8.71. The van der Waals surface area contributed by atoms with E-state index in [9.17, 15) is 18.3 Å². The third kappa shape index (κ3) is 3.62. The predicted octanol–water partition coefficient (Wildman–Crippen LogP) is 4.68. The first-order valence-corrected chi connectivity index (χ1v) is 12.7. The number of nitrogens with zero attached hydrogens (tertiary/aromatic N) is 1. The molecule has 4 aliphatic carbocycles. The van der Waals surface area contributed by atoms with Crippen LogP contribution in [-0.2, 0) is 14.8 Å². The molecule has 4 saturated carbocycles. The normalized spacial score (nSPS) is 33.3. The van der Waals surface area contributed by atoms with Crippen molar-refractivity contribution in [3.05, 3.63) is 28.2 Å². The number of hydrogen-bond acceptors (Lipinski definition) is 4. The van der Waals surface area contributed by atoms with Gasteiger partial charge in [-0.05, 0) is 81.8 Å². The Morgan fingerprint density at radius 1 is 1.20 bits per heavy atom. The van der Waals surface area contributed by atoms with Crippen molar-refractivity contribution in [2.24, 2.45) is 17.3 Å². The van der Waals surface area contributed by atoms with Crippen LogP contribution in [0.5, 0.6) is 0 Å². The number of Topliss-reactive ketones (excluding diaryl/α,β-unsaturated/α-hetero) is 1. The van der Waals surface area contributed by atoms with Gasteiger partial charge < -0.3 is 5.11 Å². The molecule has 4 aliphatic rings. The first kappa shape index (κ1) is 22.5. The van der Waals surface area contributed by atoms with E-state index >= 15 is 0 Å². The van der Waals surface area contributed by atoms with Gasteiger partial charge in [0, 0.05) is 13.5 Å². The third-order valence-corrected chi connectivity index (χ3v) is 10.7. The van der Waals surface area contributed by atoms with E-state index < -0.39 is 21.2 Å². The van der Waals surface area contributed by atoms with Crippen LogP contribution >= 0.6 is 23.2 Å². The number of likely N-dealkylation sites (N-methyl/N-ethyl adjacent to an activating group) is 1. The van der Waals surface area contributed by atoms with Crippen LogP contribution in [0.25, 0.3) is 0 Å². The zero-order valence-corrected chi connectivity index (χ0v) is 19.9. The van der Waals surface area contributed by atoms with Crippen molar-refractivity contribution in [1.29, 1.82) is 0 Å². The van der Waals surface area contributed by atoms with Gasteiger partial charge >= 0.3 is 0 Å². The molecule has 1 aromatic carbocycles. The zero-order valence-electron chi connectivity index (χ0n) is 17.6. The monoisotopic (exact) mass is 473 g/mol. The Hall–Kier alpha value is -0.660. The van der Waals surface area contributed by atoms with Crippen molar-refractivity contribution in [2.45, 2.75) is 74.8 Å². The van der Waals surface area contributed by atoms with Gasteiger partial charge in [-0.1, -0.05) is 29.3 Å². The molecule has 2 unspecified atom stereocenters. The van der Waals surface area contributed by atoms with E-state index in [1.165, 1.54) is 25.2 Å². The molecular weight excluding hydrogens is 445 g/mol. The maximum atomic E-state index is 13.5. The topological polar surface area (TPSA) is 74.7 Å². The van der Waals surface area contributed by atoms with Gasteiger partial charge in [-0.3, -0.25) is 4.79 Å². The number of carbonyl (C=O) groups is 1. The number of ketones is 1. The summed E-state index contributed by atoms with van der Waals surface area (Å²) in [4.78, 5) is 13.4. The average molecular weight is 474 g/mol. The molecule has 8 heteroatoms.